The molecule has 1 aromatic rings. The molecular formula is C13H16ClN3O2S. The summed E-state index contributed by atoms with van der Waals surface area (Å²) >= 11 is 10.9. The number of carbonyl (C=O) groups is 1. The molecule has 1 atom stereocenters. The molecule has 0 radical (unpaired) electrons. The van der Waals surface area contributed by atoms with Gasteiger partial charge in [0.25, 0.3) is 5.91 Å². The van der Waals surface area contributed by atoms with E-state index in [0.29, 0.717) is 22.4 Å². The Balaban J connectivity index is 2.41. The lowest BCUT2D eigenvalue weighted by Gasteiger charge is -2.16. The molecule has 20 heavy (non-hydrogen) atoms. The van der Waals surface area contributed by atoms with Crippen LogP contribution in [-0.4, -0.2) is 23.7 Å². The highest BCUT2D eigenvalue weighted by Crippen LogP contribution is 2.24. The molecule has 0 bridgehead atoms. The largest absolute Gasteiger partial charge is 0.479 e. The molecule has 0 aliphatic rings. The van der Waals surface area contributed by atoms with Crippen molar-refractivity contribution in [1.29, 1.82) is 0 Å². The van der Waals surface area contributed by atoms with E-state index in [4.69, 9.17) is 28.6 Å². The summed E-state index contributed by atoms with van der Waals surface area (Å²) in [6.07, 6.45) is 0.934. The van der Waals surface area contributed by atoms with Gasteiger partial charge in [-0.25, -0.2) is 0 Å². The fourth-order valence-electron chi connectivity index (χ4n) is 1.21. The standard InChI is InChI=1S/C13H16ClN3O2S/c1-3-8-15-13(20)17-16-12(18)9(2)19-11-7-5-4-6-10(11)14/h3-7,9H,1,8H2,2H3,(H,16,18)(H2,15,17,20)/t9-/m0/s1. The number of amides is 1. The van der Waals surface area contributed by atoms with Gasteiger partial charge < -0.3 is 10.1 Å². The van der Waals surface area contributed by atoms with Crippen LogP contribution in [0.15, 0.2) is 36.9 Å². The summed E-state index contributed by atoms with van der Waals surface area (Å²) in [5.41, 5.74) is 4.99. The average Bonchev–Trinajstić information content (AvgIpc) is 2.44. The zero-order valence-electron chi connectivity index (χ0n) is 11.0. The van der Waals surface area contributed by atoms with Gasteiger partial charge in [0.2, 0.25) is 0 Å². The minimum atomic E-state index is -0.718. The average molecular weight is 314 g/mol. The van der Waals surface area contributed by atoms with Crippen LogP contribution in [0.2, 0.25) is 5.02 Å². The SMILES string of the molecule is C=CCNC(=S)NNC(=O)[C@H](C)Oc1ccccc1Cl. The molecular weight excluding hydrogens is 298 g/mol. The monoisotopic (exact) mass is 313 g/mol. The van der Waals surface area contributed by atoms with Crippen LogP contribution in [0.3, 0.4) is 0 Å². The Morgan fingerprint density at radius 1 is 1.50 bits per heavy atom. The van der Waals surface area contributed by atoms with Gasteiger partial charge in [-0.15, -0.1) is 6.58 Å². The zero-order valence-corrected chi connectivity index (χ0v) is 12.6. The fraction of sp³-hybridized carbons (Fsp3) is 0.231. The van der Waals surface area contributed by atoms with Crippen LogP contribution < -0.4 is 20.9 Å². The first kappa shape index (κ1) is 16.3. The predicted molar refractivity (Wildman–Crippen MR) is 83.6 cm³/mol. The van der Waals surface area contributed by atoms with E-state index in [-0.39, 0.29) is 5.91 Å². The van der Waals surface area contributed by atoms with E-state index in [1.807, 2.05) is 0 Å². The Labute approximate surface area is 128 Å². The van der Waals surface area contributed by atoms with Gasteiger partial charge in [-0.1, -0.05) is 29.8 Å². The van der Waals surface area contributed by atoms with Crippen molar-refractivity contribution >= 4 is 34.8 Å². The molecule has 0 spiro atoms. The van der Waals surface area contributed by atoms with Gasteiger partial charge in [-0.05, 0) is 31.3 Å². The molecule has 3 N–H and O–H groups in total. The number of thiocarbonyl (C=S) groups is 1. The number of hydrazine groups is 1. The van der Waals surface area contributed by atoms with Gasteiger partial charge in [0, 0.05) is 6.54 Å². The number of carbonyl (C=O) groups excluding carboxylic acids is 1. The molecule has 5 nitrogen and oxygen atoms in total. The van der Waals surface area contributed by atoms with Crippen LogP contribution in [0, 0.1) is 0 Å². The highest BCUT2D eigenvalue weighted by Gasteiger charge is 2.15. The predicted octanol–water partition coefficient (Wildman–Crippen LogP) is 1.79. The highest BCUT2D eigenvalue weighted by molar-refractivity contribution is 7.80. The third-order valence-corrected chi connectivity index (χ3v) is 2.77. The van der Waals surface area contributed by atoms with Crippen LogP contribution in [0.4, 0.5) is 0 Å². The maximum atomic E-state index is 11.8. The van der Waals surface area contributed by atoms with Crippen molar-refractivity contribution < 1.29 is 9.53 Å². The second-order valence-electron chi connectivity index (χ2n) is 3.80. The number of hydrogen-bond donors (Lipinski definition) is 3. The van der Waals surface area contributed by atoms with Crippen molar-refractivity contribution in [3.8, 4) is 5.75 Å². The minimum Gasteiger partial charge on any atom is -0.479 e. The summed E-state index contributed by atoms with van der Waals surface area (Å²) in [7, 11) is 0. The van der Waals surface area contributed by atoms with Crippen molar-refractivity contribution in [2.45, 2.75) is 13.0 Å². The fourth-order valence-corrected chi connectivity index (χ4v) is 1.53. The number of nitrogens with one attached hydrogen (secondary N) is 3. The summed E-state index contributed by atoms with van der Waals surface area (Å²) in [6, 6.07) is 6.94. The first-order valence-electron chi connectivity index (χ1n) is 5.90. The summed E-state index contributed by atoms with van der Waals surface area (Å²) in [4.78, 5) is 11.8. The highest BCUT2D eigenvalue weighted by atomic mass is 35.5. The van der Waals surface area contributed by atoms with Crippen LogP contribution in [0.25, 0.3) is 0 Å². The molecule has 0 saturated heterocycles. The van der Waals surface area contributed by atoms with E-state index in [9.17, 15) is 4.79 Å². The van der Waals surface area contributed by atoms with Crippen LogP contribution in [0.1, 0.15) is 6.92 Å². The van der Waals surface area contributed by atoms with Gasteiger partial charge in [0.1, 0.15) is 5.75 Å². The van der Waals surface area contributed by atoms with E-state index in [1.165, 1.54) is 0 Å². The molecule has 0 aliphatic carbocycles. The van der Waals surface area contributed by atoms with E-state index >= 15 is 0 Å². The van der Waals surface area contributed by atoms with Gasteiger partial charge in [0.15, 0.2) is 11.2 Å². The van der Waals surface area contributed by atoms with Crippen molar-refractivity contribution in [3.63, 3.8) is 0 Å². The second-order valence-corrected chi connectivity index (χ2v) is 4.62. The molecule has 1 rings (SSSR count). The first-order valence-corrected chi connectivity index (χ1v) is 6.69. The topological polar surface area (TPSA) is 62.4 Å². The third kappa shape index (κ3) is 5.46. The van der Waals surface area contributed by atoms with Crippen LogP contribution in [0.5, 0.6) is 5.75 Å². The normalized spacial score (nSPS) is 11.1. The molecule has 108 valence electrons. The number of ether oxygens (including phenoxy) is 1. The Hall–Kier alpha value is -1.79. The van der Waals surface area contributed by atoms with E-state index < -0.39 is 6.10 Å². The number of rotatable bonds is 5. The Kier molecular flexibility index (Phi) is 6.83. The Morgan fingerprint density at radius 3 is 2.85 bits per heavy atom. The summed E-state index contributed by atoms with van der Waals surface area (Å²) < 4.78 is 5.46. The van der Waals surface area contributed by atoms with Crippen LogP contribution in [-0.2, 0) is 4.79 Å². The number of halogens is 1. The smallest absolute Gasteiger partial charge is 0.279 e. The van der Waals surface area contributed by atoms with Crippen molar-refractivity contribution in [1.82, 2.24) is 16.2 Å². The second kappa shape index (κ2) is 8.39. The Bertz CT molecular complexity index is 496. The Morgan fingerprint density at radius 2 is 2.20 bits per heavy atom. The maximum absolute atomic E-state index is 11.8. The summed E-state index contributed by atoms with van der Waals surface area (Å²) in [5, 5.41) is 3.55. The molecule has 0 unspecified atom stereocenters. The van der Waals surface area contributed by atoms with E-state index in [0.717, 1.165) is 0 Å². The molecule has 0 heterocycles. The lowest BCUT2D eigenvalue weighted by atomic mass is 10.3. The van der Waals surface area contributed by atoms with Gasteiger partial charge in [-0.3, -0.25) is 15.6 Å². The van der Waals surface area contributed by atoms with E-state index in [2.05, 4.69) is 22.7 Å². The molecule has 0 aliphatic heterocycles. The third-order valence-electron chi connectivity index (χ3n) is 2.22. The maximum Gasteiger partial charge on any atom is 0.279 e. The molecule has 0 saturated carbocycles. The summed E-state index contributed by atoms with van der Waals surface area (Å²) in [5.74, 6) is 0.0804. The lowest BCUT2D eigenvalue weighted by molar-refractivity contribution is -0.127. The van der Waals surface area contributed by atoms with Gasteiger partial charge in [0.05, 0.1) is 5.02 Å². The van der Waals surface area contributed by atoms with Crippen molar-refractivity contribution in [2.24, 2.45) is 0 Å². The number of hydrogen-bond acceptors (Lipinski definition) is 3. The van der Waals surface area contributed by atoms with Crippen molar-refractivity contribution in [3.05, 3.63) is 41.9 Å². The lowest BCUT2D eigenvalue weighted by Crippen LogP contribution is -2.50. The summed E-state index contributed by atoms with van der Waals surface area (Å²) in [6.45, 7) is 5.66. The van der Waals surface area contributed by atoms with Gasteiger partial charge in [-0.2, -0.15) is 0 Å². The number of benzene rings is 1. The molecule has 1 amide bonds. The quantitative estimate of drug-likeness (QED) is 0.439. The minimum absolute atomic E-state index is 0.295. The molecule has 1 aromatic carbocycles. The number of para-hydroxylation sites is 1. The van der Waals surface area contributed by atoms with E-state index in [1.54, 1.807) is 37.3 Å². The van der Waals surface area contributed by atoms with Gasteiger partial charge >= 0.3 is 0 Å². The molecule has 0 fully saturated rings. The molecule has 0 aromatic heterocycles. The molecule has 7 heteroatoms. The first-order chi connectivity index (χ1) is 9.54. The van der Waals surface area contributed by atoms with Crippen LogP contribution >= 0.6 is 23.8 Å². The zero-order chi connectivity index (χ0) is 15.0. The van der Waals surface area contributed by atoms with Crippen molar-refractivity contribution in [2.75, 3.05) is 6.54 Å².